The third-order valence-electron chi connectivity index (χ3n) is 3.48. The molecule has 1 heterocycles. The highest BCUT2D eigenvalue weighted by molar-refractivity contribution is 5.85. The lowest BCUT2D eigenvalue weighted by molar-refractivity contribution is 0.0690. The van der Waals surface area contributed by atoms with Crippen molar-refractivity contribution in [3.63, 3.8) is 0 Å². The minimum Gasteiger partial charge on any atom is -0.477 e. The second kappa shape index (κ2) is 5.82. The zero-order chi connectivity index (χ0) is 13.0. The Morgan fingerprint density at radius 2 is 2.17 bits per heavy atom. The van der Waals surface area contributed by atoms with Crippen LogP contribution in [0, 0.1) is 5.92 Å². The molecule has 0 bridgehead atoms. The topological polar surface area (TPSA) is 82.5 Å². The minimum absolute atomic E-state index is 0.0444. The van der Waals surface area contributed by atoms with Crippen LogP contribution < -0.4 is 5.32 Å². The SMILES string of the molecule is O=C(O)c1ccc(NC2CCCCC2CO)cn1. The summed E-state index contributed by atoms with van der Waals surface area (Å²) in [6.45, 7) is 0.193. The summed E-state index contributed by atoms with van der Waals surface area (Å²) in [5.74, 6) is -0.745. The highest BCUT2D eigenvalue weighted by Crippen LogP contribution is 2.26. The van der Waals surface area contributed by atoms with Crippen molar-refractivity contribution in [3.05, 3.63) is 24.0 Å². The second-order valence-corrected chi connectivity index (χ2v) is 4.72. The molecule has 1 saturated carbocycles. The lowest BCUT2D eigenvalue weighted by Crippen LogP contribution is -2.34. The molecule has 2 unspecified atom stereocenters. The molecule has 18 heavy (non-hydrogen) atoms. The number of rotatable bonds is 4. The van der Waals surface area contributed by atoms with Crippen LogP contribution in [0.5, 0.6) is 0 Å². The maximum absolute atomic E-state index is 10.7. The van der Waals surface area contributed by atoms with Gasteiger partial charge in [-0.15, -0.1) is 0 Å². The Labute approximate surface area is 106 Å². The minimum atomic E-state index is -1.02. The molecule has 0 spiro atoms. The summed E-state index contributed by atoms with van der Waals surface area (Å²) in [7, 11) is 0. The number of hydrogen-bond donors (Lipinski definition) is 3. The summed E-state index contributed by atoms with van der Waals surface area (Å²) in [5, 5.41) is 21.4. The Kier molecular flexibility index (Phi) is 4.15. The van der Waals surface area contributed by atoms with Crippen molar-refractivity contribution in [2.24, 2.45) is 5.92 Å². The Bertz CT molecular complexity index is 405. The zero-order valence-electron chi connectivity index (χ0n) is 10.2. The molecule has 1 aliphatic carbocycles. The van der Waals surface area contributed by atoms with E-state index in [0.29, 0.717) is 0 Å². The highest BCUT2D eigenvalue weighted by atomic mass is 16.4. The van der Waals surface area contributed by atoms with Gasteiger partial charge in [-0.2, -0.15) is 0 Å². The summed E-state index contributed by atoms with van der Waals surface area (Å²) < 4.78 is 0. The van der Waals surface area contributed by atoms with Crippen molar-refractivity contribution in [2.75, 3.05) is 11.9 Å². The van der Waals surface area contributed by atoms with Gasteiger partial charge in [0, 0.05) is 18.6 Å². The molecule has 5 heteroatoms. The number of aliphatic hydroxyl groups excluding tert-OH is 1. The monoisotopic (exact) mass is 250 g/mol. The number of carbonyl (C=O) groups is 1. The molecule has 2 rings (SSSR count). The second-order valence-electron chi connectivity index (χ2n) is 4.72. The van der Waals surface area contributed by atoms with Gasteiger partial charge < -0.3 is 15.5 Å². The van der Waals surface area contributed by atoms with Crippen LogP contribution in [0.3, 0.4) is 0 Å². The van der Waals surface area contributed by atoms with E-state index in [-0.39, 0.29) is 24.3 Å². The summed E-state index contributed by atoms with van der Waals surface area (Å²) in [6.07, 6.45) is 5.93. The number of pyridine rings is 1. The van der Waals surface area contributed by atoms with Crippen LogP contribution in [0.2, 0.25) is 0 Å². The number of aromatic nitrogens is 1. The maximum Gasteiger partial charge on any atom is 0.354 e. The fraction of sp³-hybridized carbons (Fsp3) is 0.538. The molecule has 1 aromatic heterocycles. The molecular formula is C13H18N2O3. The van der Waals surface area contributed by atoms with E-state index in [4.69, 9.17) is 5.11 Å². The first kappa shape index (κ1) is 12.8. The third kappa shape index (κ3) is 2.98. The quantitative estimate of drug-likeness (QED) is 0.758. The molecule has 98 valence electrons. The molecule has 1 fully saturated rings. The number of carboxylic acids is 1. The van der Waals surface area contributed by atoms with Crippen LogP contribution in [0.1, 0.15) is 36.2 Å². The Hall–Kier alpha value is -1.62. The third-order valence-corrected chi connectivity index (χ3v) is 3.48. The largest absolute Gasteiger partial charge is 0.477 e. The van der Waals surface area contributed by atoms with Crippen LogP contribution in [0.25, 0.3) is 0 Å². The highest BCUT2D eigenvalue weighted by Gasteiger charge is 2.24. The summed E-state index contributed by atoms with van der Waals surface area (Å²) >= 11 is 0. The van der Waals surface area contributed by atoms with Crippen molar-refractivity contribution >= 4 is 11.7 Å². The normalized spacial score (nSPS) is 23.6. The van der Waals surface area contributed by atoms with Gasteiger partial charge in [0.2, 0.25) is 0 Å². The van der Waals surface area contributed by atoms with Crippen molar-refractivity contribution in [1.29, 1.82) is 0 Å². The average Bonchev–Trinajstić information content (AvgIpc) is 2.40. The van der Waals surface area contributed by atoms with Crippen LogP contribution in [-0.4, -0.2) is 33.8 Å². The van der Waals surface area contributed by atoms with Crippen molar-refractivity contribution < 1.29 is 15.0 Å². The van der Waals surface area contributed by atoms with Crippen molar-refractivity contribution in [2.45, 2.75) is 31.7 Å². The lowest BCUT2D eigenvalue weighted by Gasteiger charge is -2.31. The molecule has 5 nitrogen and oxygen atoms in total. The summed E-state index contributed by atoms with van der Waals surface area (Å²) in [4.78, 5) is 14.6. The van der Waals surface area contributed by atoms with Crippen molar-refractivity contribution in [1.82, 2.24) is 4.98 Å². The number of hydrogen-bond acceptors (Lipinski definition) is 4. The van der Waals surface area contributed by atoms with Crippen LogP contribution in [0.15, 0.2) is 18.3 Å². The van der Waals surface area contributed by atoms with Gasteiger partial charge in [-0.25, -0.2) is 9.78 Å². The van der Waals surface area contributed by atoms with E-state index in [2.05, 4.69) is 10.3 Å². The smallest absolute Gasteiger partial charge is 0.354 e. The average molecular weight is 250 g/mol. The standard InChI is InChI=1S/C13H18N2O3/c16-8-9-3-1-2-4-11(9)15-10-5-6-12(13(17)18)14-7-10/h5-7,9,11,15-16H,1-4,8H2,(H,17,18). The van der Waals surface area contributed by atoms with Gasteiger partial charge in [-0.3, -0.25) is 0 Å². The Morgan fingerprint density at radius 3 is 2.78 bits per heavy atom. The van der Waals surface area contributed by atoms with Crippen molar-refractivity contribution in [3.8, 4) is 0 Å². The van der Waals surface area contributed by atoms with Crippen LogP contribution >= 0.6 is 0 Å². The van der Waals surface area contributed by atoms with E-state index in [1.165, 1.54) is 18.7 Å². The molecule has 3 N–H and O–H groups in total. The molecule has 0 radical (unpaired) electrons. The van der Waals surface area contributed by atoms with Crippen LogP contribution in [0.4, 0.5) is 5.69 Å². The summed E-state index contributed by atoms with van der Waals surface area (Å²) in [5.41, 5.74) is 0.855. The first-order chi connectivity index (χ1) is 8.70. The zero-order valence-corrected chi connectivity index (χ0v) is 10.2. The van der Waals surface area contributed by atoms with Gasteiger partial charge in [0.1, 0.15) is 5.69 Å². The van der Waals surface area contributed by atoms with Gasteiger partial charge in [0.25, 0.3) is 0 Å². The number of carboxylic acid groups (broad SMARTS) is 1. The van der Waals surface area contributed by atoms with E-state index in [1.807, 2.05) is 0 Å². The molecule has 0 amide bonds. The van der Waals surface area contributed by atoms with E-state index < -0.39 is 5.97 Å². The lowest BCUT2D eigenvalue weighted by atomic mass is 9.85. The fourth-order valence-corrected chi connectivity index (χ4v) is 2.44. The number of aromatic carboxylic acids is 1. The maximum atomic E-state index is 10.7. The van der Waals surface area contributed by atoms with Gasteiger partial charge in [-0.05, 0) is 25.0 Å². The summed E-state index contributed by atoms with van der Waals surface area (Å²) in [6, 6.07) is 3.46. The molecule has 1 aromatic rings. The number of aliphatic hydroxyl groups is 1. The molecular weight excluding hydrogens is 232 g/mol. The molecule has 0 saturated heterocycles. The van der Waals surface area contributed by atoms with Crippen LogP contribution in [-0.2, 0) is 0 Å². The number of nitrogens with one attached hydrogen (secondary N) is 1. The Balaban J connectivity index is 2.01. The predicted octanol–water partition coefficient (Wildman–Crippen LogP) is 1.74. The predicted molar refractivity (Wildman–Crippen MR) is 67.7 cm³/mol. The fourth-order valence-electron chi connectivity index (χ4n) is 2.44. The molecule has 0 aromatic carbocycles. The molecule has 0 aliphatic heterocycles. The first-order valence-electron chi connectivity index (χ1n) is 6.27. The van der Waals surface area contributed by atoms with E-state index >= 15 is 0 Å². The Morgan fingerprint density at radius 1 is 1.39 bits per heavy atom. The van der Waals surface area contributed by atoms with Gasteiger partial charge in [-0.1, -0.05) is 12.8 Å². The first-order valence-corrected chi connectivity index (χ1v) is 6.27. The van der Waals surface area contributed by atoms with Gasteiger partial charge in [0.15, 0.2) is 0 Å². The van der Waals surface area contributed by atoms with E-state index in [9.17, 15) is 9.90 Å². The van der Waals surface area contributed by atoms with E-state index in [0.717, 1.165) is 24.9 Å². The molecule has 1 aliphatic rings. The van der Waals surface area contributed by atoms with E-state index in [1.54, 1.807) is 6.07 Å². The molecule has 2 atom stereocenters. The number of anilines is 1. The number of nitrogens with zero attached hydrogens (tertiary/aromatic N) is 1. The van der Waals surface area contributed by atoms with Gasteiger partial charge in [0.05, 0.1) is 11.9 Å². The van der Waals surface area contributed by atoms with Gasteiger partial charge >= 0.3 is 5.97 Å².